The van der Waals surface area contributed by atoms with Gasteiger partial charge in [-0.3, -0.25) is 9.48 Å². The second-order valence-electron chi connectivity index (χ2n) is 4.79. The molecule has 1 heterocycles. The lowest BCUT2D eigenvalue weighted by atomic mass is 10.2. The van der Waals surface area contributed by atoms with Gasteiger partial charge in [-0.25, -0.2) is 4.79 Å². The molecule has 0 spiro atoms. The molecule has 0 aliphatic rings. The van der Waals surface area contributed by atoms with Crippen molar-refractivity contribution in [3.63, 3.8) is 0 Å². The Morgan fingerprint density at radius 3 is 2.53 bits per heavy atom. The first-order valence-corrected chi connectivity index (χ1v) is 6.01. The van der Waals surface area contributed by atoms with E-state index in [0.29, 0.717) is 11.5 Å². The Bertz CT molecular complexity index is 493. The van der Waals surface area contributed by atoms with Crippen LogP contribution in [-0.2, 0) is 11.8 Å². The molecule has 0 aliphatic carbocycles. The number of nitrogens with one attached hydrogen (secondary N) is 1. The molecule has 0 fully saturated rings. The molecule has 0 atom stereocenters. The average Bonchev–Trinajstić information content (AvgIpc) is 2.51. The summed E-state index contributed by atoms with van der Waals surface area (Å²) in [4.78, 5) is 24.5. The first kappa shape index (κ1) is 15.0. The van der Waals surface area contributed by atoms with E-state index in [1.165, 1.54) is 4.68 Å². The Morgan fingerprint density at radius 1 is 1.47 bits per heavy atom. The fraction of sp³-hybridized carbons (Fsp3) is 0.583. The topological polar surface area (TPSA) is 87.5 Å². The van der Waals surface area contributed by atoms with Gasteiger partial charge < -0.3 is 15.3 Å². The van der Waals surface area contributed by atoms with E-state index in [9.17, 15) is 14.7 Å². The Balaban J connectivity index is 2.97. The summed E-state index contributed by atoms with van der Waals surface area (Å²) < 4.78 is 1.47. The molecular weight excluding hydrogens is 248 g/mol. The zero-order valence-corrected chi connectivity index (χ0v) is 11.9. The lowest BCUT2D eigenvalue weighted by Crippen LogP contribution is -2.39. The van der Waals surface area contributed by atoms with Crippen molar-refractivity contribution in [2.24, 2.45) is 7.05 Å². The van der Waals surface area contributed by atoms with Gasteiger partial charge in [0.1, 0.15) is 11.4 Å². The molecule has 7 nitrogen and oxygen atoms in total. The Labute approximate surface area is 112 Å². The molecule has 2 N–H and O–H groups in total. The van der Waals surface area contributed by atoms with Crippen molar-refractivity contribution in [3.8, 4) is 0 Å². The maximum Gasteiger partial charge on any atom is 0.341 e. The molecule has 1 aromatic heterocycles. The smallest absolute Gasteiger partial charge is 0.341 e. The van der Waals surface area contributed by atoms with E-state index in [4.69, 9.17) is 0 Å². The van der Waals surface area contributed by atoms with Crippen molar-refractivity contribution in [1.82, 2.24) is 15.1 Å². The number of aromatic carboxylic acids is 1. The number of nitrogens with zero attached hydrogens (tertiary/aromatic N) is 3. The van der Waals surface area contributed by atoms with E-state index >= 15 is 0 Å². The van der Waals surface area contributed by atoms with Gasteiger partial charge in [-0.15, -0.1) is 0 Å². The summed E-state index contributed by atoms with van der Waals surface area (Å²) in [7, 11) is 3.33. The highest BCUT2D eigenvalue weighted by atomic mass is 16.4. The van der Waals surface area contributed by atoms with E-state index in [1.807, 2.05) is 13.8 Å². The van der Waals surface area contributed by atoms with Gasteiger partial charge in [0.25, 0.3) is 0 Å². The maximum atomic E-state index is 11.7. The molecule has 0 unspecified atom stereocenters. The predicted octanol–water partition coefficient (Wildman–Crippen LogP) is 0.388. The quantitative estimate of drug-likeness (QED) is 0.806. The van der Waals surface area contributed by atoms with Crippen molar-refractivity contribution in [1.29, 1.82) is 0 Å². The second kappa shape index (κ2) is 5.73. The number of carbonyl (C=O) groups excluding carboxylic acids is 1. The third kappa shape index (κ3) is 3.46. The summed E-state index contributed by atoms with van der Waals surface area (Å²) in [5.74, 6) is -0.784. The van der Waals surface area contributed by atoms with Gasteiger partial charge in [0, 0.05) is 20.1 Å². The highest BCUT2D eigenvalue weighted by Gasteiger charge is 2.23. The predicted molar refractivity (Wildman–Crippen MR) is 71.5 cm³/mol. The molecule has 0 bridgehead atoms. The minimum absolute atomic E-state index is 0.0492. The molecule has 1 aromatic rings. The molecule has 106 valence electrons. The second-order valence-corrected chi connectivity index (χ2v) is 4.79. The summed E-state index contributed by atoms with van der Waals surface area (Å²) in [5, 5.41) is 16.1. The molecule has 0 saturated carbocycles. The molecule has 0 saturated heterocycles. The van der Waals surface area contributed by atoms with Gasteiger partial charge in [0.05, 0.1) is 12.2 Å². The largest absolute Gasteiger partial charge is 0.477 e. The van der Waals surface area contributed by atoms with Crippen LogP contribution in [0.15, 0.2) is 0 Å². The molecular formula is C12H20N4O3. The van der Waals surface area contributed by atoms with E-state index in [1.54, 1.807) is 25.9 Å². The normalized spacial score (nSPS) is 10.6. The maximum absolute atomic E-state index is 11.7. The number of aromatic nitrogens is 2. The standard InChI is InChI=1S/C12H20N4O3/c1-7(2)13-9(17)6-15(4)11-10(12(18)19)8(3)14-16(11)5/h7H,6H2,1-5H3,(H,13,17)(H,18,19). The van der Waals surface area contributed by atoms with Gasteiger partial charge in [-0.05, 0) is 20.8 Å². The van der Waals surface area contributed by atoms with Gasteiger partial charge >= 0.3 is 5.97 Å². The highest BCUT2D eigenvalue weighted by Crippen LogP contribution is 2.21. The number of carboxylic acid groups (broad SMARTS) is 1. The monoisotopic (exact) mass is 268 g/mol. The van der Waals surface area contributed by atoms with Gasteiger partial charge in [-0.2, -0.15) is 5.10 Å². The van der Waals surface area contributed by atoms with Crippen molar-refractivity contribution < 1.29 is 14.7 Å². The van der Waals surface area contributed by atoms with E-state index in [0.717, 1.165) is 0 Å². The van der Waals surface area contributed by atoms with Crippen molar-refractivity contribution in [3.05, 3.63) is 11.3 Å². The first-order chi connectivity index (χ1) is 8.73. The van der Waals surface area contributed by atoms with Crippen LogP contribution >= 0.6 is 0 Å². The van der Waals surface area contributed by atoms with Gasteiger partial charge in [-0.1, -0.05) is 0 Å². The first-order valence-electron chi connectivity index (χ1n) is 6.01. The SMILES string of the molecule is Cc1nn(C)c(N(C)CC(=O)NC(C)C)c1C(=O)O. The van der Waals surface area contributed by atoms with Crippen LogP contribution in [0.25, 0.3) is 0 Å². The Morgan fingerprint density at radius 2 is 2.05 bits per heavy atom. The van der Waals surface area contributed by atoms with E-state index < -0.39 is 5.97 Å². The molecule has 0 aromatic carbocycles. The van der Waals surface area contributed by atoms with Crippen LogP contribution in [-0.4, -0.2) is 46.4 Å². The molecule has 1 rings (SSSR count). The molecule has 0 radical (unpaired) electrons. The number of carbonyl (C=O) groups is 2. The third-order valence-corrected chi connectivity index (χ3v) is 2.60. The Kier molecular flexibility index (Phi) is 4.52. The summed E-state index contributed by atoms with van der Waals surface area (Å²) in [6.07, 6.45) is 0. The lowest BCUT2D eigenvalue weighted by molar-refractivity contribution is -0.120. The van der Waals surface area contributed by atoms with Crippen LogP contribution in [0.2, 0.25) is 0 Å². The van der Waals surface area contributed by atoms with Crippen molar-refractivity contribution in [2.45, 2.75) is 26.8 Å². The summed E-state index contributed by atoms with van der Waals surface area (Å²) in [6.45, 7) is 5.45. The summed E-state index contributed by atoms with van der Waals surface area (Å²) in [6, 6.07) is 0.0492. The number of carboxylic acids is 1. The van der Waals surface area contributed by atoms with Gasteiger partial charge in [0.2, 0.25) is 5.91 Å². The fourth-order valence-electron chi connectivity index (χ4n) is 1.99. The molecule has 7 heteroatoms. The number of aryl methyl sites for hydroxylation is 2. The Hall–Kier alpha value is -2.05. The fourth-order valence-corrected chi connectivity index (χ4v) is 1.99. The number of amides is 1. The van der Waals surface area contributed by atoms with Crippen LogP contribution in [0.4, 0.5) is 5.82 Å². The van der Waals surface area contributed by atoms with Crippen LogP contribution in [0, 0.1) is 6.92 Å². The minimum atomic E-state index is -1.04. The third-order valence-electron chi connectivity index (χ3n) is 2.60. The summed E-state index contributed by atoms with van der Waals surface area (Å²) in [5.41, 5.74) is 0.559. The number of likely N-dealkylation sites (N-methyl/N-ethyl adjacent to an activating group) is 1. The summed E-state index contributed by atoms with van der Waals surface area (Å²) >= 11 is 0. The van der Waals surface area contributed by atoms with Crippen LogP contribution in [0.5, 0.6) is 0 Å². The van der Waals surface area contributed by atoms with Crippen LogP contribution in [0.1, 0.15) is 29.9 Å². The van der Waals surface area contributed by atoms with E-state index in [2.05, 4.69) is 10.4 Å². The zero-order valence-electron chi connectivity index (χ0n) is 11.9. The zero-order chi connectivity index (χ0) is 14.7. The average molecular weight is 268 g/mol. The van der Waals surface area contributed by atoms with Crippen molar-refractivity contribution in [2.75, 3.05) is 18.5 Å². The van der Waals surface area contributed by atoms with Gasteiger partial charge in [0.15, 0.2) is 0 Å². The van der Waals surface area contributed by atoms with E-state index in [-0.39, 0.29) is 24.1 Å². The molecule has 0 aliphatic heterocycles. The number of hydrogen-bond donors (Lipinski definition) is 2. The number of hydrogen-bond acceptors (Lipinski definition) is 4. The van der Waals surface area contributed by atoms with Crippen LogP contribution in [0.3, 0.4) is 0 Å². The molecule has 19 heavy (non-hydrogen) atoms. The number of anilines is 1. The lowest BCUT2D eigenvalue weighted by Gasteiger charge is -2.20. The van der Waals surface area contributed by atoms with Crippen LogP contribution < -0.4 is 10.2 Å². The highest BCUT2D eigenvalue weighted by molar-refractivity contribution is 5.95. The minimum Gasteiger partial charge on any atom is -0.477 e. The van der Waals surface area contributed by atoms with Crippen molar-refractivity contribution >= 4 is 17.7 Å². The number of rotatable bonds is 5. The molecule has 1 amide bonds.